The van der Waals surface area contributed by atoms with Gasteiger partial charge in [0.25, 0.3) is 0 Å². The number of urea groups is 1. The van der Waals surface area contributed by atoms with Crippen molar-refractivity contribution in [3.05, 3.63) is 60.4 Å². The number of hydrogen-bond donors (Lipinski definition) is 1. The van der Waals surface area contributed by atoms with Crippen LogP contribution in [0.25, 0.3) is 0 Å². The third-order valence-electron chi connectivity index (χ3n) is 2.86. The van der Waals surface area contributed by atoms with Crippen LogP contribution in [0.5, 0.6) is 0 Å². The van der Waals surface area contributed by atoms with Gasteiger partial charge in [-0.2, -0.15) is 5.26 Å². The highest BCUT2D eigenvalue weighted by Gasteiger charge is 2.15. The Morgan fingerprint density at radius 2 is 1.81 bits per heavy atom. The van der Waals surface area contributed by atoms with Crippen molar-refractivity contribution in [2.24, 2.45) is 0 Å². The summed E-state index contributed by atoms with van der Waals surface area (Å²) in [5.41, 5.74) is 1.20. The first kappa shape index (κ1) is 14.5. The van der Waals surface area contributed by atoms with Gasteiger partial charge in [0.1, 0.15) is 5.82 Å². The molecule has 2 aromatic rings. The SMILES string of the molecule is N#CCCN(C(=O)Nc1ccc(F)cc1)c1ccccc1. The highest BCUT2D eigenvalue weighted by Crippen LogP contribution is 2.16. The molecule has 0 radical (unpaired) electrons. The number of nitrogens with one attached hydrogen (secondary N) is 1. The molecular weight excluding hydrogens is 269 g/mol. The molecule has 0 aromatic heterocycles. The van der Waals surface area contributed by atoms with Gasteiger partial charge >= 0.3 is 6.03 Å². The Hall–Kier alpha value is -2.87. The number of benzene rings is 2. The molecule has 0 aliphatic carbocycles. The van der Waals surface area contributed by atoms with Crippen LogP contribution in [0, 0.1) is 17.1 Å². The number of anilines is 2. The third kappa shape index (κ3) is 4.05. The molecule has 0 bridgehead atoms. The van der Waals surface area contributed by atoms with Gasteiger partial charge in [0.15, 0.2) is 0 Å². The lowest BCUT2D eigenvalue weighted by Gasteiger charge is -2.22. The molecule has 0 spiro atoms. The van der Waals surface area contributed by atoms with E-state index in [2.05, 4.69) is 5.32 Å². The first-order valence-corrected chi connectivity index (χ1v) is 6.47. The minimum atomic E-state index is -0.364. The van der Waals surface area contributed by atoms with Crippen molar-refractivity contribution >= 4 is 17.4 Å². The van der Waals surface area contributed by atoms with E-state index in [9.17, 15) is 9.18 Å². The van der Waals surface area contributed by atoms with Gasteiger partial charge in [-0.3, -0.25) is 4.90 Å². The lowest BCUT2D eigenvalue weighted by molar-refractivity contribution is 0.257. The summed E-state index contributed by atoms with van der Waals surface area (Å²) in [4.78, 5) is 13.8. The van der Waals surface area contributed by atoms with Crippen molar-refractivity contribution < 1.29 is 9.18 Å². The van der Waals surface area contributed by atoms with Crippen LogP contribution in [0.3, 0.4) is 0 Å². The predicted molar refractivity (Wildman–Crippen MR) is 79.4 cm³/mol. The fourth-order valence-electron chi connectivity index (χ4n) is 1.84. The number of nitriles is 1. The van der Waals surface area contributed by atoms with E-state index < -0.39 is 0 Å². The smallest absolute Gasteiger partial charge is 0.308 e. The second-order valence-electron chi connectivity index (χ2n) is 4.33. The number of nitrogens with zero attached hydrogens (tertiary/aromatic N) is 2. The van der Waals surface area contributed by atoms with Crippen LogP contribution in [-0.4, -0.2) is 12.6 Å². The number of hydrogen-bond acceptors (Lipinski definition) is 2. The van der Waals surface area contributed by atoms with Crippen LogP contribution < -0.4 is 10.2 Å². The molecular formula is C16H14FN3O. The van der Waals surface area contributed by atoms with Gasteiger partial charge in [-0.1, -0.05) is 18.2 Å². The molecule has 0 fully saturated rings. The molecule has 0 saturated heterocycles. The van der Waals surface area contributed by atoms with E-state index in [4.69, 9.17) is 5.26 Å². The molecule has 2 amide bonds. The van der Waals surface area contributed by atoms with E-state index in [1.807, 2.05) is 24.3 Å². The van der Waals surface area contributed by atoms with Crippen molar-refractivity contribution in [3.8, 4) is 6.07 Å². The molecule has 0 atom stereocenters. The molecule has 0 unspecified atom stereocenters. The maximum absolute atomic E-state index is 12.9. The minimum Gasteiger partial charge on any atom is -0.308 e. The summed E-state index contributed by atoms with van der Waals surface area (Å²) in [5.74, 6) is -0.364. The van der Waals surface area contributed by atoms with Crippen molar-refractivity contribution in [2.45, 2.75) is 6.42 Å². The average molecular weight is 283 g/mol. The van der Waals surface area contributed by atoms with Crippen LogP contribution in [-0.2, 0) is 0 Å². The van der Waals surface area contributed by atoms with Crippen molar-refractivity contribution in [1.29, 1.82) is 5.26 Å². The lowest BCUT2D eigenvalue weighted by Crippen LogP contribution is -2.35. The van der Waals surface area contributed by atoms with Crippen LogP contribution in [0.1, 0.15) is 6.42 Å². The summed E-state index contributed by atoms with van der Waals surface area (Å²) in [6.45, 7) is 0.285. The number of rotatable bonds is 4. The maximum atomic E-state index is 12.9. The molecule has 2 aromatic carbocycles. The molecule has 0 aliphatic heterocycles. The van der Waals surface area contributed by atoms with E-state index in [0.29, 0.717) is 11.4 Å². The van der Waals surface area contributed by atoms with E-state index in [1.54, 1.807) is 12.1 Å². The normalized spacial score (nSPS) is 9.71. The number of para-hydroxylation sites is 1. The van der Waals surface area contributed by atoms with E-state index in [0.717, 1.165) is 0 Å². The highest BCUT2D eigenvalue weighted by atomic mass is 19.1. The molecule has 106 valence electrons. The second-order valence-corrected chi connectivity index (χ2v) is 4.33. The topological polar surface area (TPSA) is 56.1 Å². The summed E-state index contributed by atoms with van der Waals surface area (Å²) in [7, 11) is 0. The fraction of sp³-hybridized carbons (Fsp3) is 0.125. The Balaban J connectivity index is 2.14. The molecule has 0 heterocycles. The van der Waals surface area contributed by atoms with Crippen molar-refractivity contribution in [1.82, 2.24) is 0 Å². The van der Waals surface area contributed by atoms with Crippen LogP contribution >= 0.6 is 0 Å². The summed E-state index contributed by atoms with van der Waals surface area (Å²) < 4.78 is 12.9. The molecule has 21 heavy (non-hydrogen) atoms. The van der Waals surface area contributed by atoms with Gasteiger partial charge in [-0.25, -0.2) is 9.18 Å². The Morgan fingerprint density at radius 1 is 1.14 bits per heavy atom. The number of halogens is 1. The maximum Gasteiger partial charge on any atom is 0.326 e. The Kier molecular flexibility index (Phi) is 4.89. The number of carbonyl (C=O) groups excluding carboxylic acids is 1. The first-order chi connectivity index (χ1) is 10.2. The molecule has 4 nitrogen and oxygen atoms in total. The van der Waals surface area contributed by atoms with Gasteiger partial charge in [0, 0.05) is 17.9 Å². The van der Waals surface area contributed by atoms with Crippen LogP contribution in [0.4, 0.5) is 20.6 Å². The standard InChI is InChI=1S/C16H14FN3O/c17-13-7-9-14(10-8-13)19-16(21)20(12-4-11-18)15-5-2-1-3-6-15/h1-3,5-10H,4,12H2,(H,19,21). The zero-order chi connectivity index (χ0) is 15.1. The third-order valence-corrected chi connectivity index (χ3v) is 2.86. The summed E-state index contributed by atoms with van der Waals surface area (Å²) in [5, 5.41) is 11.4. The zero-order valence-corrected chi connectivity index (χ0v) is 11.3. The van der Waals surface area contributed by atoms with Crippen molar-refractivity contribution in [2.75, 3.05) is 16.8 Å². The monoisotopic (exact) mass is 283 g/mol. The van der Waals surface area contributed by atoms with Crippen LogP contribution in [0.2, 0.25) is 0 Å². The number of carbonyl (C=O) groups is 1. The quantitative estimate of drug-likeness (QED) is 0.928. The number of amides is 2. The molecule has 0 aliphatic rings. The largest absolute Gasteiger partial charge is 0.326 e. The van der Waals surface area contributed by atoms with Crippen LogP contribution in [0.15, 0.2) is 54.6 Å². The van der Waals surface area contributed by atoms with E-state index >= 15 is 0 Å². The Labute approximate surface area is 122 Å². The highest BCUT2D eigenvalue weighted by molar-refractivity contribution is 6.01. The van der Waals surface area contributed by atoms with Gasteiger partial charge in [-0.15, -0.1) is 0 Å². The first-order valence-electron chi connectivity index (χ1n) is 6.47. The summed E-state index contributed by atoms with van der Waals surface area (Å²) >= 11 is 0. The zero-order valence-electron chi connectivity index (χ0n) is 11.3. The fourth-order valence-corrected chi connectivity index (χ4v) is 1.84. The summed E-state index contributed by atoms with van der Waals surface area (Å²) in [6.07, 6.45) is 0.228. The van der Waals surface area contributed by atoms with Crippen molar-refractivity contribution in [3.63, 3.8) is 0 Å². The van der Waals surface area contributed by atoms with E-state index in [1.165, 1.54) is 29.2 Å². The summed E-state index contributed by atoms with van der Waals surface area (Å²) in [6, 6.07) is 16.3. The van der Waals surface area contributed by atoms with E-state index in [-0.39, 0.29) is 24.8 Å². The average Bonchev–Trinajstić information content (AvgIpc) is 2.51. The lowest BCUT2D eigenvalue weighted by atomic mass is 10.2. The van der Waals surface area contributed by atoms with Gasteiger partial charge in [0.05, 0.1) is 12.5 Å². The van der Waals surface area contributed by atoms with Gasteiger partial charge in [-0.05, 0) is 36.4 Å². The minimum absolute atomic E-state index is 0.228. The molecule has 1 N–H and O–H groups in total. The molecule has 2 rings (SSSR count). The Morgan fingerprint density at radius 3 is 2.43 bits per heavy atom. The van der Waals surface area contributed by atoms with Gasteiger partial charge in [0.2, 0.25) is 0 Å². The molecule has 0 saturated carbocycles. The molecule has 5 heteroatoms. The Bertz CT molecular complexity index is 635. The second kappa shape index (κ2) is 7.06. The predicted octanol–water partition coefficient (Wildman–Crippen LogP) is 3.78. The van der Waals surface area contributed by atoms with Gasteiger partial charge < -0.3 is 5.32 Å².